The molecule has 7 nitrogen and oxygen atoms in total. The quantitative estimate of drug-likeness (QED) is 0.401. The number of pyridine rings is 1. The van der Waals surface area contributed by atoms with Crippen LogP contribution in [0.25, 0.3) is 11.0 Å². The fourth-order valence-corrected chi connectivity index (χ4v) is 2.41. The number of nitrogens with zero attached hydrogens (tertiary/aromatic N) is 5. The minimum absolute atomic E-state index is 0.251. The van der Waals surface area contributed by atoms with Crippen molar-refractivity contribution >= 4 is 17.4 Å². The Morgan fingerprint density at radius 2 is 2.04 bits per heavy atom. The van der Waals surface area contributed by atoms with Gasteiger partial charge in [-0.3, -0.25) is 4.99 Å². The van der Waals surface area contributed by atoms with Crippen LogP contribution < -0.4 is 5.73 Å². The van der Waals surface area contributed by atoms with Gasteiger partial charge in [-0.2, -0.15) is 5.10 Å². The van der Waals surface area contributed by atoms with Crippen LogP contribution in [0.3, 0.4) is 0 Å². The Hall–Kier alpha value is -3.42. The van der Waals surface area contributed by atoms with Gasteiger partial charge in [0, 0.05) is 37.4 Å². The Morgan fingerprint density at radius 3 is 2.68 bits per heavy atom. The van der Waals surface area contributed by atoms with E-state index in [9.17, 15) is 4.39 Å². The van der Waals surface area contributed by atoms with Crippen LogP contribution in [0.15, 0.2) is 60.0 Å². The molecule has 0 fully saturated rings. The predicted octanol–water partition coefficient (Wildman–Crippen LogP) is 2.77. The van der Waals surface area contributed by atoms with Crippen LogP contribution in [0.2, 0.25) is 0 Å². The summed E-state index contributed by atoms with van der Waals surface area (Å²) >= 11 is 0. The molecular weight excluding hydrogens is 359 g/mol. The molecule has 3 rings (SSSR count). The summed E-state index contributed by atoms with van der Waals surface area (Å²) in [5, 5.41) is 5.38. The van der Waals surface area contributed by atoms with Gasteiger partial charge in [-0.1, -0.05) is 18.2 Å². The second kappa shape index (κ2) is 10.7. The lowest BCUT2D eigenvalue weighted by atomic mass is 10.2. The van der Waals surface area contributed by atoms with Gasteiger partial charge in [-0.25, -0.2) is 14.1 Å². The minimum atomic E-state index is -0.251. The van der Waals surface area contributed by atoms with Gasteiger partial charge in [-0.05, 0) is 18.2 Å². The molecule has 0 saturated heterocycles. The van der Waals surface area contributed by atoms with Crippen molar-refractivity contribution in [1.82, 2.24) is 19.7 Å². The van der Waals surface area contributed by atoms with Gasteiger partial charge in [0.1, 0.15) is 5.82 Å². The first-order valence-electron chi connectivity index (χ1n) is 8.66. The van der Waals surface area contributed by atoms with Crippen molar-refractivity contribution in [2.75, 3.05) is 21.2 Å². The molecule has 0 amide bonds. The van der Waals surface area contributed by atoms with Gasteiger partial charge in [-0.15, -0.1) is 0 Å². The maximum absolute atomic E-state index is 13.8. The molecule has 0 radical (unpaired) electrons. The van der Waals surface area contributed by atoms with E-state index in [2.05, 4.69) is 19.8 Å². The lowest BCUT2D eigenvalue weighted by molar-refractivity contribution is 0.328. The van der Waals surface area contributed by atoms with E-state index in [1.165, 1.54) is 12.4 Å². The average molecular weight is 384 g/mol. The van der Waals surface area contributed by atoms with Crippen molar-refractivity contribution in [3.05, 3.63) is 72.1 Å². The summed E-state index contributed by atoms with van der Waals surface area (Å²) in [4.78, 5) is 10.2. The van der Waals surface area contributed by atoms with Crippen LogP contribution in [0, 0.1) is 5.82 Å². The molecule has 1 aromatic carbocycles. The Labute approximate surface area is 164 Å². The van der Waals surface area contributed by atoms with Crippen LogP contribution in [0.4, 0.5) is 4.39 Å². The summed E-state index contributed by atoms with van der Waals surface area (Å²) in [7, 11) is 5.50. The third kappa shape index (κ3) is 5.80. The maximum atomic E-state index is 13.8. The monoisotopic (exact) mass is 384 g/mol. The number of halogens is 1. The van der Waals surface area contributed by atoms with Crippen LogP contribution in [-0.4, -0.2) is 47.2 Å². The number of hydrogen-bond donors (Lipinski definition) is 1. The number of rotatable bonds is 6. The first-order valence-corrected chi connectivity index (χ1v) is 8.66. The molecule has 3 aromatic rings. The third-order valence-electron chi connectivity index (χ3n) is 3.70. The Morgan fingerprint density at radius 1 is 1.25 bits per heavy atom. The van der Waals surface area contributed by atoms with Gasteiger partial charge in [0.2, 0.25) is 0 Å². The first-order chi connectivity index (χ1) is 13.6. The molecule has 0 aliphatic heterocycles. The number of methoxy groups -OCH3 is 1. The Balaban J connectivity index is 0.000000345. The minimum Gasteiger partial charge on any atom is -0.503 e. The Kier molecular flexibility index (Phi) is 7.95. The normalized spacial score (nSPS) is 11.0. The van der Waals surface area contributed by atoms with Crippen molar-refractivity contribution in [1.29, 1.82) is 0 Å². The highest BCUT2D eigenvalue weighted by Gasteiger charge is 2.12. The molecule has 0 atom stereocenters. The molecule has 0 saturated carbocycles. The fraction of sp³-hybridized carbons (Fsp3) is 0.250. The zero-order chi connectivity index (χ0) is 20.4. The van der Waals surface area contributed by atoms with Crippen molar-refractivity contribution in [3.63, 3.8) is 0 Å². The fourth-order valence-electron chi connectivity index (χ4n) is 2.41. The summed E-state index contributed by atoms with van der Waals surface area (Å²) in [6.07, 6.45) is 6.40. The molecule has 2 aromatic heterocycles. The molecule has 0 aliphatic carbocycles. The van der Waals surface area contributed by atoms with E-state index in [-0.39, 0.29) is 5.82 Å². The number of fused-ring (bicyclic) bond motifs is 1. The smallest absolute Gasteiger partial charge is 0.158 e. The van der Waals surface area contributed by atoms with Gasteiger partial charge >= 0.3 is 0 Å². The molecular formula is C20H25FN6O. The highest BCUT2D eigenvalue weighted by Crippen LogP contribution is 2.19. The number of aliphatic imine (C=N–C) groups is 1. The zero-order valence-corrected chi connectivity index (χ0v) is 16.3. The van der Waals surface area contributed by atoms with E-state index in [1.807, 2.05) is 37.3 Å². The van der Waals surface area contributed by atoms with Crippen molar-refractivity contribution < 1.29 is 9.13 Å². The van der Waals surface area contributed by atoms with E-state index in [1.54, 1.807) is 42.4 Å². The van der Waals surface area contributed by atoms with Gasteiger partial charge < -0.3 is 15.4 Å². The number of hydrogen-bond acceptors (Lipinski definition) is 5. The number of nitrogens with two attached hydrogens (primary N) is 1. The second-order valence-electron chi connectivity index (χ2n) is 6.04. The third-order valence-corrected chi connectivity index (χ3v) is 3.70. The van der Waals surface area contributed by atoms with Crippen molar-refractivity contribution in [2.24, 2.45) is 10.7 Å². The Bertz CT molecular complexity index is 935. The largest absolute Gasteiger partial charge is 0.503 e. The zero-order valence-electron chi connectivity index (χ0n) is 16.3. The van der Waals surface area contributed by atoms with Crippen molar-refractivity contribution in [2.45, 2.75) is 13.1 Å². The summed E-state index contributed by atoms with van der Waals surface area (Å²) < 4.78 is 20.1. The highest BCUT2D eigenvalue weighted by atomic mass is 19.1. The highest BCUT2D eigenvalue weighted by molar-refractivity contribution is 5.78. The molecule has 0 spiro atoms. The number of ether oxygens (including phenoxy) is 1. The second-order valence-corrected chi connectivity index (χ2v) is 6.04. The molecule has 148 valence electrons. The van der Waals surface area contributed by atoms with E-state index in [0.717, 1.165) is 11.1 Å². The van der Waals surface area contributed by atoms with Crippen LogP contribution >= 0.6 is 0 Å². The molecule has 2 N–H and O–H groups in total. The lowest BCUT2D eigenvalue weighted by Crippen LogP contribution is -2.05. The molecule has 0 aliphatic rings. The molecule has 2 heterocycles. The maximum Gasteiger partial charge on any atom is 0.158 e. The van der Waals surface area contributed by atoms with E-state index < -0.39 is 0 Å². The molecule has 0 bridgehead atoms. The molecule has 28 heavy (non-hydrogen) atoms. The van der Waals surface area contributed by atoms with Crippen molar-refractivity contribution in [3.8, 4) is 0 Å². The van der Waals surface area contributed by atoms with Crippen LogP contribution in [-0.2, 0) is 17.8 Å². The predicted molar refractivity (Wildman–Crippen MR) is 109 cm³/mol. The SMILES string of the molecule is CO/C=C/N(C)C.NC=NCc1nn(Cc2ccccc2F)c2ncccc12. The van der Waals surface area contributed by atoms with E-state index in [0.29, 0.717) is 24.3 Å². The van der Waals surface area contributed by atoms with E-state index in [4.69, 9.17) is 5.73 Å². The van der Waals surface area contributed by atoms with E-state index >= 15 is 0 Å². The molecule has 8 heteroatoms. The van der Waals surface area contributed by atoms with Gasteiger partial charge in [0.05, 0.1) is 38.5 Å². The van der Waals surface area contributed by atoms with Crippen LogP contribution in [0.5, 0.6) is 0 Å². The molecule has 0 unspecified atom stereocenters. The summed E-state index contributed by atoms with van der Waals surface area (Å²) in [6, 6.07) is 10.4. The number of aromatic nitrogens is 3. The first kappa shape index (κ1) is 20.9. The topological polar surface area (TPSA) is 81.6 Å². The standard InChI is InChI=1S/C15H14FN5.C5H11NO/c16-13-6-2-1-4-11(13)9-21-15-12(5-3-7-19-15)14(20-21)8-18-10-17;1-6(2)4-5-7-3/h1-7,10H,8-9H2,(H2,17,18);4-5H,1-3H3/b;5-4+. The van der Waals surface area contributed by atoms with Crippen LogP contribution in [0.1, 0.15) is 11.3 Å². The summed E-state index contributed by atoms with van der Waals surface area (Å²) in [5.41, 5.74) is 7.34. The lowest BCUT2D eigenvalue weighted by Gasteiger charge is -2.04. The summed E-state index contributed by atoms with van der Waals surface area (Å²) in [6.45, 7) is 0.704. The average Bonchev–Trinajstić information content (AvgIpc) is 3.05. The number of benzene rings is 1. The van der Waals surface area contributed by atoms with Gasteiger partial charge in [0.15, 0.2) is 5.65 Å². The summed E-state index contributed by atoms with van der Waals surface area (Å²) in [5.74, 6) is -0.251. The van der Waals surface area contributed by atoms with Gasteiger partial charge in [0.25, 0.3) is 0 Å².